The van der Waals surface area contributed by atoms with E-state index in [1.165, 1.54) is 48.6 Å². The molecule has 2 aromatic heterocycles. The second-order valence-corrected chi connectivity index (χ2v) is 7.67. The van der Waals surface area contributed by atoms with Crippen LogP contribution in [0.15, 0.2) is 42.0 Å². The smallest absolute Gasteiger partial charge is 0.264 e. The summed E-state index contributed by atoms with van der Waals surface area (Å²) < 4.78 is 0. The lowest BCUT2D eigenvalue weighted by atomic mass is 9.94. The first-order valence-electron chi connectivity index (χ1n) is 8.47. The Bertz CT molecular complexity index is 967. The Kier molecular flexibility index (Phi) is 4.70. The van der Waals surface area contributed by atoms with Crippen LogP contribution < -0.4 is 0 Å². The minimum absolute atomic E-state index is 0.105. The lowest BCUT2D eigenvalue weighted by Gasteiger charge is -2.13. The second kappa shape index (κ2) is 7.13. The van der Waals surface area contributed by atoms with Gasteiger partial charge in [-0.25, -0.2) is 4.98 Å². The van der Waals surface area contributed by atoms with Crippen molar-refractivity contribution >= 4 is 28.6 Å². The Labute approximate surface area is 159 Å². The monoisotopic (exact) mass is 385 g/mol. The molecule has 1 aliphatic carbocycles. The standard InChI is InChI=1S/C19H16ClN3O2S/c20-16-6-5-13(9-18(16)23(24)25)17-11-26-19(22-17)15-10-21-8-7-14(15)12-3-1-2-4-12/h5-12H,1-4H2. The Balaban J connectivity index is 1.72. The summed E-state index contributed by atoms with van der Waals surface area (Å²) in [7, 11) is 0. The van der Waals surface area contributed by atoms with Crippen molar-refractivity contribution in [2.45, 2.75) is 31.6 Å². The van der Waals surface area contributed by atoms with Gasteiger partial charge in [0.2, 0.25) is 0 Å². The molecule has 0 amide bonds. The van der Waals surface area contributed by atoms with Crippen molar-refractivity contribution in [2.75, 3.05) is 0 Å². The van der Waals surface area contributed by atoms with Gasteiger partial charge in [0.05, 0.1) is 10.6 Å². The largest absolute Gasteiger partial charge is 0.288 e. The number of nitrogens with zero attached hydrogens (tertiary/aromatic N) is 3. The first kappa shape index (κ1) is 17.1. The van der Waals surface area contributed by atoms with Crippen molar-refractivity contribution in [3.63, 3.8) is 0 Å². The van der Waals surface area contributed by atoms with Crippen LogP contribution in [0.2, 0.25) is 5.02 Å². The molecule has 0 saturated heterocycles. The third-order valence-corrected chi connectivity index (χ3v) is 6.02. The van der Waals surface area contributed by atoms with Gasteiger partial charge in [-0.05, 0) is 36.5 Å². The summed E-state index contributed by atoms with van der Waals surface area (Å²) in [6.07, 6.45) is 8.67. The number of benzene rings is 1. The maximum Gasteiger partial charge on any atom is 0.288 e. The highest BCUT2D eigenvalue weighted by atomic mass is 35.5. The summed E-state index contributed by atoms with van der Waals surface area (Å²) in [4.78, 5) is 19.7. The summed E-state index contributed by atoms with van der Waals surface area (Å²) in [5, 5.41) is 14.1. The van der Waals surface area contributed by atoms with Gasteiger partial charge in [0.1, 0.15) is 10.0 Å². The van der Waals surface area contributed by atoms with Crippen LogP contribution in [0, 0.1) is 10.1 Å². The zero-order valence-electron chi connectivity index (χ0n) is 13.9. The molecule has 5 nitrogen and oxygen atoms in total. The third-order valence-electron chi connectivity index (χ3n) is 4.82. The molecule has 1 aliphatic rings. The fraction of sp³-hybridized carbons (Fsp3) is 0.263. The molecule has 1 fully saturated rings. The van der Waals surface area contributed by atoms with Crippen LogP contribution in [0.5, 0.6) is 0 Å². The van der Waals surface area contributed by atoms with Gasteiger partial charge in [-0.1, -0.05) is 30.5 Å². The van der Waals surface area contributed by atoms with E-state index < -0.39 is 4.92 Å². The lowest BCUT2D eigenvalue weighted by Crippen LogP contribution is -1.96. The predicted octanol–water partition coefficient (Wildman–Crippen LogP) is 6.09. The molecule has 0 unspecified atom stereocenters. The summed E-state index contributed by atoms with van der Waals surface area (Å²) in [6.45, 7) is 0. The van der Waals surface area contributed by atoms with E-state index in [0.29, 0.717) is 17.2 Å². The number of hydrogen-bond donors (Lipinski definition) is 0. The molecule has 0 N–H and O–H groups in total. The maximum absolute atomic E-state index is 11.1. The molecule has 0 radical (unpaired) electrons. The van der Waals surface area contributed by atoms with E-state index in [9.17, 15) is 10.1 Å². The highest BCUT2D eigenvalue weighted by Gasteiger charge is 2.22. The van der Waals surface area contributed by atoms with Crippen molar-refractivity contribution in [1.29, 1.82) is 0 Å². The molecule has 0 atom stereocenters. The molecule has 0 spiro atoms. The van der Waals surface area contributed by atoms with E-state index in [1.807, 2.05) is 17.8 Å². The number of nitro groups is 1. The Morgan fingerprint density at radius 1 is 1.23 bits per heavy atom. The van der Waals surface area contributed by atoms with Gasteiger partial charge in [-0.15, -0.1) is 11.3 Å². The molecular formula is C19H16ClN3O2S. The van der Waals surface area contributed by atoms with Gasteiger partial charge in [-0.3, -0.25) is 15.1 Å². The average molecular weight is 386 g/mol. The summed E-state index contributed by atoms with van der Waals surface area (Å²) in [6, 6.07) is 6.87. The normalized spacial score (nSPS) is 14.7. The van der Waals surface area contributed by atoms with E-state index in [2.05, 4.69) is 11.1 Å². The van der Waals surface area contributed by atoms with Crippen LogP contribution >= 0.6 is 22.9 Å². The summed E-state index contributed by atoms with van der Waals surface area (Å²) in [5.41, 5.74) is 3.67. The van der Waals surface area contributed by atoms with Crippen molar-refractivity contribution in [3.05, 3.63) is 62.7 Å². The number of pyridine rings is 1. The van der Waals surface area contributed by atoms with Crippen LogP contribution in [0.25, 0.3) is 21.8 Å². The number of thiazole rings is 1. The molecule has 0 aliphatic heterocycles. The number of halogens is 1. The molecule has 1 saturated carbocycles. The number of aromatic nitrogens is 2. The van der Waals surface area contributed by atoms with E-state index >= 15 is 0 Å². The highest BCUT2D eigenvalue weighted by molar-refractivity contribution is 7.13. The van der Waals surface area contributed by atoms with Crippen molar-refractivity contribution in [1.82, 2.24) is 9.97 Å². The summed E-state index contributed by atoms with van der Waals surface area (Å²) >= 11 is 7.44. The molecule has 7 heteroatoms. The van der Waals surface area contributed by atoms with E-state index in [4.69, 9.17) is 16.6 Å². The first-order chi connectivity index (χ1) is 12.6. The van der Waals surface area contributed by atoms with Crippen molar-refractivity contribution < 1.29 is 4.92 Å². The molecule has 1 aromatic carbocycles. The van der Waals surface area contributed by atoms with Gasteiger partial charge in [-0.2, -0.15) is 0 Å². The van der Waals surface area contributed by atoms with Gasteiger partial charge < -0.3 is 0 Å². The van der Waals surface area contributed by atoms with Crippen molar-refractivity contribution in [2.24, 2.45) is 0 Å². The van der Waals surface area contributed by atoms with Crippen LogP contribution in [0.1, 0.15) is 37.2 Å². The Hall–Kier alpha value is -2.31. The molecule has 132 valence electrons. The Morgan fingerprint density at radius 2 is 2.04 bits per heavy atom. The van der Waals surface area contributed by atoms with Gasteiger partial charge in [0, 0.05) is 35.0 Å². The fourth-order valence-electron chi connectivity index (χ4n) is 3.52. The van der Waals surface area contributed by atoms with Crippen LogP contribution in [-0.4, -0.2) is 14.9 Å². The van der Waals surface area contributed by atoms with E-state index in [0.717, 1.165) is 10.6 Å². The first-order valence-corrected chi connectivity index (χ1v) is 9.73. The van der Waals surface area contributed by atoms with Crippen LogP contribution in [0.4, 0.5) is 5.69 Å². The molecule has 26 heavy (non-hydrogen) atoms. The van der Waals surface area contributed by atoms with Gasteiger partial charge in [0.15, 0.2) is 0 Å². The SMILES string of the molecule is O=[N+]([O-])c1cc(-c2csc(-c3cnccc3C3CCCC3)n2)ccc1Cl. The van der Waals surface area contributed by atoms with Gasteiger partial charge >= 0.3 is 0 Å². The molecular weight excluding hydrogens is 370 g/mol. The quantitative estimate of drug-likeness (QED) is 0.402. The Morgan fingerprint density at radius 3 is 2.81 bits per heavy atom. The molecule has 0 bridgehead atoms. The molecule has 4 rings (SSSR count). The molecule has 2 heterocycles. The zero-order valence-corrected chi connectivity index (χ0v) is 15.5. The minimum Gasteiger partial charge on any atom is -0.264 e. The summed E-state index contributed by atoms with van der Waals surface area (Å²) in [5.74, 6) is 0.567. The highest BCUT2D eigenvalue weighted by Crippen LogP contribution is 2.40. The number of nitro benzene ring substituents is 1. The second-order valence-electron chi connectivity index (χ2n) is 6.41. The maximum atomic E-state index is 11.1. The average Bonchev–Trinajstić information content (AvgIpc) is 3.34. The van der Waals surface area contributed by atoms with Crippen LogP contribution in [0.3, 0.4) is 0 Å². The number of hydrogen-bond acceptors (Lipinski definition) is 5. The minimum atomic E-state index is -0.474. The lowest BCUT2D eigenvalue weighted by molar-refractivity contribution is -0.384. The van der Waals surface area contributed by atoms with E-state index in [-0.39, 0.29) is 10.7 Å². The van der Waals surface area contributed by atoms with Crippen LogP contribution in [-0.2, 0) is 0 Å². The third kappa shape index (κ3) is 3.22. The molecule has 3 aromatic rings. The zero-order chi connectivity index (χ0) is 18.1. The topological polar surface area (TPSA) is 68.9 Å². The van der Waals surface area contributed by atoms with Gasteiger partial charge in [0.25, 0.3) is 5.69 Å². The van der Waals surface area contributed by atoms with E-state index in [1.54, 1.807) is 12.1 Å². The fourth-order valence-corrected chi connectivity index (χ4v) is 4.57. The number of rotatable bonds is 4. The van der Waals surface area contributed by atoms with Crippen molar-refractivity contribution in [3.8, 4) is 21.8 Å². The predicted molar refractivity (Wildman–Crippen MR) is 104 cm³/mol.